The summed E-state index contributed by atoms with van der Waals surface area (Å²) in [7, 11) is 0. The summed E-state index contributed by atoms with van der Waals surface area (Å²) in [6.45, 7) is 3.07. The van der Waals surface area contributed by atoms with E-state index in [1.54, 1.807) is 12.1 Å². The highest BCUT2D eigenvalue weighted by molar-refractivity contribution is 5.95. The first-order valence-corrected chi connectivity index (χ1v) is 11.5. The molecule has 4 rings (SSSR count). The lowest BCUT2D eigenvalue weighted by molar-refractivity contribution is 0.0697. The number of carboxylic acids is 1. The largest absolute Gasteiger partial charge is 0.478 e. The van der Waals surface area contributed by atoms with Crippen LogP contribution in [0.5, 0.6) is 0 Å². The minimum absolute atomic E-state index is 0.312. The molecule has 0 fully saturated rings. The van der Waals surface area contributed by atoms with Crippen LogP contribution in [-0.2, 0) is 19.4 Å². The average Bonchev–Trinajstić information content (AvgIpc) is 3.21. The summed E-state index contributed by atoms with van der Waals surface area (Å²) >= 11 is 0. The maximum absolute atomic E-state index is 11.6. The number of aromatic carboxylic acids is 1. The Morgan fingerprint density at radius 2 is 1.55 bits per heavy atom. The highest BCUT2D eigenvalue weighted by Gasteiger charge is 2.13. The molecule has 0 spiro atoms. The Bertz CT molecular complexity index is 1200. The van der Waals surface area contributed by atoms with Gasteiger partial charge in [0.25, 0.3) is 0 Å². The Kier molecular flexibility index (Phi) is 7.30. The van der Waals surface area contributed by atoms with E-state index in [0.717, 1.165) is 47.7 Å². The monoisotopic (exact) mass is 439 g/mol. The number of carboxylic acid groups (broad SMARTS) is 1. The molecule has 4 aromatic rings. The Morgan fingerprint density at radius 3 is 2.27 bits per heavy atom. The van der Waals surface area contributed by atoms with E-state index in [2.05, 4.69) is 35.9 Å². The van der Waals surface area contributed by atoms with Crippen molar-refractivity contribution in [3.8, 4) is 11.1 Å². The lowest BCUT2D eigenvalue weighted by atomic mass is 9.98. The first-order valence-electron chi connectivity index (χ1n) is 11.5. The highest BCUT2D eigenvalue weighted by Crippen LogP contribution is 2.25. The number of unbranched alkanes of at least 4 members (excludes halogenated alkanes) is 2. The molecule has 0 saturated carbocycles. The Morgan fingerprint density at radius 1 is 0.848 bits per heavy atom. The summed E-state index contributed by atoms with van der Waals surface area (Å²) in [6, 6.07) is 25.5. The SMILES string of the molecule is CCCCCn1nc(Cc2ccccc2)nc1Cc1ccc(-c2ccccc2C(=O)O)cc1. The lowest BCUT2D eigenvalue weighted by Gasteiger charge is -2.08. The summed E-state index contributed by atoms with van der Waals surface area (Å²) in [6.07, 6.45) is 4.84. The molecular formula is C28H29N3O2. The summed E-state index contributed by atoms with van der Waals surface area (Å²) in [5, 5.41) is 14.3. The van der Waals surface area contributed by atoms with Crippen LogP contribution in [0, 0.1) is 0 Å². The Labute approximate surface area is 194 Å². The topological polar surface area (TPSA) is 68.0 Å². The van der Waals surface area contributed by atoms with Gasteiger partial charge in [0.2, 0.25) is 0 Å². The van der Waals surface area contributed by atoms with Crippen molar-refractivity contribution in [2.75, 3.05) is 0 Å². The molecule has 3 aromatic carbocycles. The number of hydrogen-bond acceptors (Lipinski definition) is 3. The van der Waals surface area contributed by atoms with Crippen molar-refractivity contribution in [1.29, 1.82) is 0 Å². The molecule has 1 heterocycles. The van der Waals surface area contributed by atoms with Crippen molar-refractivity contribution >= 4 is 5.97 Å². The van der Waals surface area contributed by atoms with E-state index < -0.39 is 5.97 Å². The first kappa shape index (κ1) is 22.5. The van der Waals surface area contributed by atoms with Crippen LogP contribution >= 0.6 is 0 Å². The van der Waals surface area contributed by atoms with Gasteiger partial charge in [-0.25, -0.2) is 14.5 Å². The van der Waals surface area contributed by atoms with Crippen LogP contribution in [0.4, 0.5) is 0 Å². The summed E-state index contributed by atoms with van der Waals surface area (Å²) in [5.41, 5.74) is 4.26. The zero-order chi connectivity index (χ0) is 23.0. The molecule has 0 saturated heterocycles. The minimum Gasteiger partial charge on any atom is -0.478 e. The lowest BCUT2D eigenvalue weighted by Crippen LogP contribution is -2.07. The molecule has 0 amide bonds. The maximum Gasteiger partial charge on any atom is 0.336 e. The quantitative estimate of drug-likeness (QED) is 0.307. The molecule has 1 aromatic heterocycles. The van der Waals surface area contributed by atoms with Gasteiger partial charge in [-0.3, -0.25) is 0 Å². The molecule has 0 radical (unpaired) electrons. The fraction of sp³-hybridized carbons (Fsp3) is 0.250. The molecule has 1 N–H and O–H groups in total. The molecule has 0 unspecified atom stereocenters. The third kappa shape index (κ3) is 5.75. The van der Waals surface area contributed by atoms with Crippen molar-refractivity contribution in [3.05, 3.63) is 107 Å². The highest BCUT2D eigenvalue weighted by atomic mass is 16.4. The number of nitrogens with zero attached hydrogens (tertiary/aromatic N) is 3. The fourth-order valence-corrected chi connectivity index (χ4v) is 4.01. The zero-order valence-corrected chi connectivity index (χ0v) is 18.9. The molecule has 0 aliphatic heterocycles. The molecule has 0 aliphatic carbocycles. The number of rotatable bonds is 10. The third-order valence-corrected chi connectivity index (χ3v) is 5.76. The smallest absolute Gasteiger partial charge is 0.336 e. The van der Waals surface area contributed by atoms with Gasteiger partial charge in [0.15, 0.2) is 5.82 Å². The van der Waals surface area contributed by atoms with Crippen LogP contribution in [-0.4, -0.2) is 25.8 Å². The van der Waals surface area contributed by atoms with Gasteiger partial charge < -0.3 is 5.11 Å². The van der Waals surface area contributed by atoms with Crippen molar-refractivity contribution in [3.63, 3.8) is 0 Å². The number of aryl methyl sites for hydroxylation is 1. The van der Waals surface area contributed by atoms with Crippen LogP contribution in [0.25, 0.3) is 11.1 Å². The summed E-state index contributed by atoms with van der Waals surface area (Å²) in [5.74, 6) is 0.899. The van der Waals surface area contributed by atoms with E-state index in [0.29, 0.717) is 12.0 Å². The van der Waals surface area contributed by atoms with Crippen LogP contribution in [0.1, 0.15) is 59.3 Å². The van der Waals surface area contributed by atoms with E-state index >= 15 is 0 Å². The zero-order valence-electron chi connectivity index (χ0n) is 18.9. The van der Waals surface area contributed by atoms with Crippen molar-refractivity contribution in [2.45, 2.75) is 45.6 Å². The Hall–Kier alpha value is -3.73. The number of benzene rings is 3. The van der Waals surface area contributed by atoms with Gasteiger partial charge in [-0.15, -0.1) is 0 Å². The average molecular weight is 440 g/mol. The Balaban J connectivity index is 1.55. The van der Waals surface area contributed by atoms with Gasteiger partial charge in [-0.1, -0.05) is 92.6 Å². The van der Waals surface area contributed by atoms with Crippen LogP contribution in [0.3, 0.4) is 0 Å². The maximum atomic E-state index is 11.6. The standard InChI is InChI=1S/C28H29N3O2/c1-2-3-9-18-31-27(29-26(30-31)19-21-10-5-4-6-11-21)20-22-14-16-23(17-15-22)24-12-7-8-13-25(24)28(32)33/h4-8,10-17H,2-3,9,18-20H2,1H3,(H,32,33). The normalized spacial score (nSPS) is 10.9. The van der Waals surface area contributed by atoms with Crippen molar-refractivity contribution in [2.24, 2.45) is 0 Å². The van der Waals surface area contributed by atoms with Gasteiger partial charge in [-0.2, -0.15) is 5.10 Å². The number of carbonyl (C=O) groups is 1. The third-order valence-electron chi connectivity index (χ3n) is 5.76. The second-order valence-corrected chi connectivity index (χ2v) is 8.26. The number of hydrogen-bond donors (Lipinski definition) is 1. The van der Waals surface area contributed by atoms with E-state index in [1.807, 2.05) is 42.5 Å². The molecule has 168 valence electrons. The second-order valence-electron chi connectivity index (χ2n) is 8.26. The van der Waals surface area contributed by atoms with Gasteiger partial charge in [0.1, 0.15) is 5.82 Å². The molecule has 33 heavy (non-hydrogen) atoms. The van der Waals surface area contributed by atoms with E-state index in [9.17, 15) is 9.90 Å². The minimum atomic E-state index is -0.916. The molecule has 0 atom stereocenters. The molecular weight excluding hydrogens is 410 g/mol. The molecule has 0 bridgehead atoms. The predicted octanol–water partition coefficient (Wildman–Crippen LogP) is 6.02. The van der Waals surface area contributed by atoms with Crippen molar-refractivity contribution < 1.29 is 9.90 Å². The van der Waals surface area contributed by atoms with E-state index in [1.165, 1.54) is 18.4 Å². The van der Waals surface area contributed by atoms with E-state index in [4.69, 9.17) is 10.1 Å². The fourth-order valence-electron chi connectivity index (χ4n) is 4.01. The van der Waals surface area contributed by atoms with Gasteiger partial charge in [-0.05, 0) is 34.7 Å². The second kappa shape index (κ2) is 10.7. The van der Waals surface area contributed by atoms with Gasteiger partial charge >= 0.3 is 5.97 Å². The van der Waals surface area contributed by atoms with Gasteiger partial charge in [0.05, 0.1) is 5.56 Å². The predicted molar refractivity (Wildman–Crippen MR) is 130 cm³/mol. The molecule has 0 aliphatic rings. The molecule has 5 nitrogen and oxygen atoms in total. The summed E-state index contributed by atoms with van der Waals surface area (Å²) < 4.78 is 2.06. The van der Waals surface area contributed by atoms with Crippen LogP contribution in [0.2, 0.25) is 0 Å². The molecule has 5 heteroatoms. The van der Waals surface area contributed by atoms with Crippen LogP contribution < -0.4 is 0 Å². The van der Waals surface area contributed by atoms with Crippen LogP contribution in [0.15, 0.2) is 78.9 Å². The van der Waals surface area contributed by atoms with Crippen molar-refractivity contribution in [1.82, 2.24) is 14.8 Å². The first-order chi connectivity index (χ1) is 16.1. The van der Waals surface area contributed by atoms with Gasteiger partial charge in [0, 0.05) is 19.4 Å². The number of aromatic nitrogens is 3. The van der Waals surface area contributed by atoms with E-state index in [-0.39, 0.29) is 0 Å². The summed E-state index contributed by atoms with van der Waals surface area (Å²) in [4.78, 5) is 16.4.